The average Bonchev–Trinajstić information content (AvgIpc) is 3.43. The number of amides is 1. The molecule has 0 radical (unpaired) electrons. The molecule has 4 fully saturated rings. The number of allylic oxidation sites excluding steroid dienone is 1. The highest BCUT2D eigenvalue weighted by Gasteiger charge is 2.54. The van der Waals surface area contributed by atoms with Crippen LogP contribution < -0.4 is 10.6 Å². The molecule has 0 saturated heterocycles. The molecule has 5 atom stereocenters. The van der Waals surface area contributed by atoms with Gasteiger partial charge in [0.2, 0.25) is 5.82 Å². The third-order valence-corrected chi connectivity index (χ3v) is 7.61. The fourth-order valence-corrected chi connectivity index (χ4v) is 6.58. The summed E-state index contributed by atoms with van der Waals surface area (Å²) in [6, 6.07) is 0.283. The number of carbonyl (C=O) groups is 1. The number of aliphatic hydroxyl groups is 2. The third kappa shape index (κ3) is 3.22. The van der Waals surface area contributed by atoms with Gasteiger partial charge in [0.25, 0.3) is 0 Å². The highest BCUT2D eigenvalue weighted by Crippen LogP contribution is 2.56. The van der Waals surface area contributed by atoms with Crippen LogP contribution in [0.4, 0.5) is 5.69 Å². The number of aromatic nitrogens is 3. The van der Waals surface area contributed by atoms with Crippen LogP contribution in [0.5, 0.6) is 0 Å². The minimum atomic E-state index is -0.518. The van der Waals surface area contributed by atoms with E-state index < -0.39 is 11.5 Å². The zero-order valence-corrected chi connectivity index (χ0v) is 17.8. The fourth-order valence-electron chi connectivity index (χ4n) is 6.58. The number of pyridine rings is 1. The van der Waals surface area contributed by atoms with Crippen LogP contribution in [0.2, 0.25) is 0 Å². The summed E-state index contributed by atoms with van der Waals surface area (Å²) in [6.45, 7) is -0.0477. The molecule has 5 aliphatic rings. The molecular weight excluding hydrogens is 410 g/mol. The molecule has 32 heavy (non-hydrogen) atoms. The Kier molecular flexibility index (Phi) is 4.58. The SMILES string of the molecule is O=C(NCCO)c1nc(-c2cnc3c(c2NC2[C@@H]4CC5C[C@H]2CC(O)(C5)C4)C=CC3)no1. The highest BCUT2D eigenvalue weighted by molar-refractivity contribution is 5.90. The number of fused-ring (bicyclic) bond motifs is 1. The smallest absolute Gasteiger partial charge is 0.316 e. The van der Waals surface area contributed by atoms with Crippen LogP contribution in [0.15, 0.2) is 16.8 Å². The van der Waals surface area contributed by atoms with Gasteiger partial charge in [-0.3, -0.25) is 9.78 Å². The van der Waals surface area contributed by atoms with Gasteiger partial charge in [0.15, 0.2) is 0 Å². The standard InChI is InChI=1S/C23H27N5O4/c29-5-4-24-21(30)22-27-20(28-32-22)16-11-25-17-3-1-2-15(17)19(16)26-18-13-6-12-7-14(18)10-23(31,8-12)9-13/h1-2,11-14,18,29,31H,3-10H2,(H,24,30)(H,25,26)/t12?,13-,14+,18?,23?. The van der Waals surface area contributed by atoms with Gasteiger partial charge >= 0.3 is 11.8 Å². The summed E-state index contributed by atoms with van der Waals surface area (Å²) < 4.78 is 5.19. The Labute approximate surface area is 185 Å². The zero-order valence-electron chi connectivity index (χ0n) is 17.8. The molecule has 9 heteroatoms. The van der Waals surface area contributed by atoms with Crippen LogP contribution >= 0.6 is 0 Å². The van der Waals surface area contributed by atoms with E-state index in [1.165, 1.54) is 0 Å². The maximum absolute atomic E-state index is 12.2. The lowest BCUT2D eigenvalue weighted by Gasteiger charge is -2.58. The number of rotatable bonds is 6. The quantitative estimate of drug-likeness (QED) is 0.537. The van der Waals surface area contributed by atoms with Gasteiger partial charge < -0.3 is 25.4 Å². The van der Waals surface area contributed by atoms with Crippen molar-refractivity contribution in [3.05, 3.63) is 29.4 Å². The summed E-state index contributed by atoms with van der Waals surface area (Å²) in [4.78, 5) is 21.0. The number of carbonyl (C=O) groups excluding carboxylic acids is 1. The second-order valence-electron chi connectivity index (χ2n) is 9.78. The van der Waals surface area contributed by atoms with E-state index in [4.69, 9.17) is 9.63 Å². The van der Waals surface area contributed by atoms with Gasteiger partial charge in [0.1, 0.15) is 0 Å². The lowest BCUT2D eigenvalue weighted by atomic mass is 9.52. The number of anilines is 1. The lowest BCUT2D eigenvalue weighted by Crippen LogP contribution is -2.59. The topological polar surface area (TPSA) is 133 Å². The van der Waals surface area contributed by atoms with Gasteiger partial charge in [0, 0.05) is 30.8 Å². The van der Waals surface area contributed by atoms with Gasteiger partial charge in [-0.1, -0.05) is 17.3 Å². The first-order chi connectivity index (χ1) is 15.5. The first kappa shape index (κ1) is 19.9. The Morgan fingerprint density at radius 2 is 2.06 bits per heavy atom. The molecule has 4 bridgehead atoms. The molecule has 1 amide bonds. The van der Waals surface area contributed by atoms with Gasteiger partial charge in [-0.2, -0.15) is 4.98 Å². The summed E-state index contributed by atoms with van der Waals surface area (Å²) in [5.41, 5.74) is 3.18. The molecule has 0 aliphatic heterocycles. The number of aliphatic hydroxyl groups excluding tert-OH is 1. The monoisotopic (exact) mass is 437 g/mol. The maximum Gasteiger partial charge on any atom is 0.316 e. The zero-order chi connectivity index (χ0) is 21.9. The van der Waals surface area contributed by atoms with Crippen molar-refractivity contribution in [3.63, 3.8) is 0 Å². The van der Waals surface area contributed by atoms with Gasteiger partial charge in [0.05, 0.1) is 29.2 Å². The molecule has 0 aromatic carbocycles. The molecule has 9 nitrogen and oxygen atoms in total. The van der Waals surface area contributed by atoms with Gasteiger partial charge in [-0.25, -0.2) is 0 Å². The van der Waals surface area contributed by atoms with Crippen LogP contribution in [-0.4, -0.2) is 56.0 Å². The maximum atomic E-state index is 12.2. The van der Waals surface area contributed by atoms with E-state index in [1.807, 2.05) is 0 Å². The van der Waals surface area contributed by atoms with Crippen molar-refractivity contribution in [2.75, 3.05) is 18.5 Å². The summed E-state index contributed by atoms with van der Waals surface area (Å²) in [5.74, 6) is 1.16. The van der Waals surface area contributed by atoms with Crippen molar-refractivity contribution < 1.29 is 19.5 Å². The predicted octanol–water partition coefficient (Wildman–Crippen LogP) is 1.77. The van der Waals surface area contributed by atoms with Crippen molar-refractivity contribution >= 4 is 17.7 Å². The molecular formula is C23H27N5O4. The summed E-state index contributed by atoms with van der Waals surface area (Å²) in [6.07, 6.45) is 11.7. The van der Waals surface area contributed by atoms with Crippen LogP contribution in [0, 0.1) is 17.8 Å². The van der Waals surface area contributed by atoms with E-state index >= 15 is 0 Å². The Balaban J connectivity index is 1.34. The largest absolute Gasteiger partial charge is 0.395 e. The minimum Gasteiger partial charge on any atom is -0.395 e. The van der Waals surface area contributed by atoms with Crippen molar-refractivity contribution in [2.24, 2.45) is 17.8 Å². The second-order valence-corrected chi connectivity index (χ2v) is 9.78. The number of nitrogens with one attached hydrogen (secondary N) is 2. The third-order valence-electron chi connectivity index (χ3n) is 7.61. The molecule has 5 aliphatic carbocycles. The van der Waals surface area contributed by atoms with Crippen LogP contribution in [0.25, 0.3) is 17.5 Å². The van der Waals surface area contributed by atoms with E-state index in [2.05, 4.69) is 37.9 Å². The van der Waals surface area contributed by atoms with E-state index in [0.29, 0.717) is 29.1 Å². The number of hydrogen-bond donors (Lipinski definition) is 4. The Hall–Kier alpha value is -2.78. The van der Waals surface area contributed by atoms with Crippen LogP contribution in [-0.2, 0) is 6.42 Å². The fraction of sp³-hybridized carbons (Fsp3) is 0.565. The molecule has 7 rings (SSSR count). The van der Waals surface area contributed by atoms with E-state index in [9.17, 15) is 9.90 Å². The van der Waals surface area contributed by atoms with Crippen molar-refractivity contribution in [1.29, 1.82) is 0 Å². The summed E-state index contributed by atoms with van der Waals surface area (Å²) in [5, 5.41) is 30.3. The normalized spacial score (nSPS) is 31.7. The van der Waals surface area contributed by atoms with Gasteiger partial charge in [-0.05, 0) is 49.9 Å². The molecule has 3 unspecified atom stereocenters. The molecule has 2 heterocycles. The molecule has 2 aromatic heterocycles. The van der Waals surface area contributed by atoms with Gasteiger partial charge in [-0.15, -0.1) is 0 Å². The van der Waals surface area contributed by atoms with E-state index in [0.717, 1.165) is 55.5 Å². The first-order valence-corrected chi connectivity index (χ1v) is 11.4. The number of hydrogen-bond acceptors (Lipinski definition) is 8. The van der Waals surface area contributed by atoms with Crippen molar-refractivity contribution in [1.82, 2.24) is 20.4 Å². The Bertz CT molecular complexity index is 1080. The average molecular weight is 438 g/mol. The minimum absolute atomic E-state index is 0.117. The van der Waals surface area contributed by atoms with E-state index in [-0.39, 0.29) is 25.1 Å². The molecule has 2 aromatic rings. The first-order valence-electron chi connectivity index (χ1n) is 11.4. The van der Waals surface area contributed by atoms with Crippen LogP contribution in [0.1, 0.15) is 54.0 Å². The van der Waals surface area contributed by atoms with E-state index in [1.54, 1.807) is 6.20 Å². The van der Waals surface area contributed by atoms with Crippen LogP contribution in [0.3, 0.4) is 0 Å². The molecule has 4 saturated carbocycles. The Morgan fingerprint density at radius 1 is 1.25 bits per heavy atom. The second kappa shape index (κ2) is 7.38. The molecule has 0 spiro atoms. The summed E-state index contributed by atoms with van der Waals surface area (Å²) >= 11 is 0. The molecule has 4 N–H and O–H groups in total. The predicted molar refractivity (Wildman–Crippen MR) is 116 cm³/mol. The highest BCUT2D eigenvalue weighted by atomic mass is 16.5. The van der Waals surface area contributed by atoms with Crippen molar-refractivity contribution in [3.8, 4) is 11.4 Å². The summed E-state index contributed by atoms with van der Waals surface area (Å²) in [7, 11) is 0. The Morgan fingerprint density at radius 3 is 2.81 bits per heavy atom. The lowest BCUT2D eigenvalue weighted by molar-refractivity contribution is -0.129. The van der Waals surface area contributed by atoms with Crippen molar-refractivity contribution in [2.45, 2.75) is 50.2 Å². The molecule has 168 valence electrons. The number of nitrogens with zero attached hydrogens (tertiary/aromatic N) is 3.